The molecule has 1 heterocycles. The molecule has 1 aliphatic rings. The maximum absolute atomic E-state index is 9.64. The zero-order chi connectivity index (χ0) is 15.8. The molecule has 0 spiro atoms. The Hall–Kier alpha value is -0.325. The normalized spacial score (nSPS) is 20.9. The van der Waals surface area contributed by atoms with Gasteiger partial charge >= 0.3 is 7.12 Å². The molecule has 1 N–H and O–H groups in total. The van der Waals surface area contributed by atoms with E-state index < -0.39 is 18.3 Å². The average Bonchev–Trinajstić information content (AvgIpc) is 2.59. The molecule has 3 nitrogen and oxygen atoms in total. The Labute approximate surface area is 139 Å². The lowest BCUT2D eigenvalue weighted by Crippen LogP contribution is -2.41. The van der Waals surface area contributed by atoms with E-state index in [4.69, 9.17) is 20.9 Å². The minimum Gasteiger partial charge on any atom is -0.400 e. The first kappa shape index (κ1) is 17.0. The maximum Gasteiger partial charge on any atom is 0.492 e. The molecule has 0 radical (unpaired) electrons. The Balaban J connectivity index is 2.28. The minimum atomic E-state index is -0.553. The summed E-state index contributed by atoms with van der Waals surface area (Å²) in [6.07, 6.45) is 1.85. The zero-order valence-electron chi connectivity index (χ0n) is 12.6. The first-order chi connectivity index (χ1) is 9.66. The van der Waals surface area contributed by atoms with E-state index in [9.17, 15) is 5.11 Å². The molecule has 2 rings (SSSR count). The first-order valence-electron chi connectivity index (χ1n) is 6.78. The number of aliphatic hydroxyl groups is 1. The van der Waals surface area contributed by atoms with Gasteiger partial charge in [-0.25, -0.2) is 0 Å². The summed E-state index contributed by atoms with van der Waals surface area (Å²) in [6.45, 7) is 7.80. The van der Waals surface area contributed by atoms with Crippen molar-refractivity contribution >= 4 is 40.7 Å². The highest BCUT2D eigenvalue weighted by Crippen LogP contribution is 2.38. The molecule has 0 aliphatic carbocycles. The average molecular weight is 373 g/mol. The van der Waals surface area contributed by atoms with Gasteiger partial charge < -0.3 is 14.4 Å². The number of benzene rings is 1. The van der Waals surface area contributed by atoms with E-state index in [1.54, 1.807) is 0 Å². The van der Waals surface area contributed by atoms with Gasteiger partial charge in [-0.05, 0) is 66.8 Å². The SMILES string of the molecule is CC1(C)OB(C(=Cc2ccc(Br)c(Cl)c2)CO)OC1(C)C. The molecule has 0 atom stereocenters. The van der Waals surface area contributed by atoms with Crippen LogP contribution in [0, 0.1) is 0 Å². The molecule has 0 unspecified atom stereocenters. The van der Waals surface area contributed by atoms with Crippen LogP contribution in [0.25, 0.3) is 6.08 Å². The number of hydrogen-bond donors (Lipinski definition) is 1. The molecule has 0 bridgehead atoms. The summed E-state index contributed by atoms with van der Waals surface area (Å²) < 4.78 is 12.7. The predicted octanol–water partition coefficient (Wildman–Crippen LogP) is 4.11. The fourth-order valence-corrected chi connectivity index (χ4v) is 2.43. The van der Waals surface area contributed by atoms with E-state index in [1.807, 2.05) is 52.0 Å². The van der Waals surface area contributed by atoms with Gasteiger partial charge in [-0.1, -0.05) is 23.7 Å². The van der Waals surface area contributed by atoms with E-state index in [0.717, 1.165) is 10.0 Å². The van der Waals surface area contributed by atoms with Crippen LogP contribution in [-0.2, 0) is 9.31 Å². The summed E-state index contributed by atoms with van der Waals surface area (Å²) >= 11 is 9.45. The molecule has 114 valence electrons. The third kappa shape index (κ3) is 3.54. The van der Waals surface area contributed by atoms with Crippen LogP contribution in [0.4, 0.5) is 0 Å². The van der Waals surface area contributed by atoms with E-state index in [2.05, 4.69) is 15.9 Å². The molecule has 1 saturated heterocycles. The highest BCUT2D eigenvalue weighted by molar-refractivity contribution is 9.10. The number of hydrogen-bond acceptors (Lipinski definition) is 3. The van der Waals surface area contributed by atoms with Crippen LogP contribution < -0.4 is 0 Å². The molecule has 21 heavy (non-hydrogen) atoms. The summed E-state index contributed by atoms with van der Waals surface area (Å²) in [5.74, 6) is 0. The monoisotopic (exact) mass is 372 g/mol. The minimum absolute atomic E-state index is 0.134. The van der Waals surface area contributed by atoms with Crippen molar-refractivity contribution in [2.24, 2.45) is 0 Å². The van der Waals surface area contributed by atoms with E-state index in [1.165, 1.54) is 0 Å². The van der Waals surface area contributed by atoms with Crippen molar-refractivity contribution in [2.45, 2.75) is 38.9 Å². The van der Waals surface area contributed by atoms with Crippen LogP contribution in [0.5, 0.6) is 0 Å². The molecule has 1 aromatic carbocycles. The van der Waals surface area contributed by atoms with Crippen LogP contribution in [0.3, 0.4) is 0 Å². The standard InChI is InChI=1S/C15H19BBrClO3/c1-14(2)15(3,4)21-16(20-14)11(9-19)7-10-5-6-12(17)13(18)8-10/h5-8,19H,9H2,1-4H3. The quantitative estimate of drug-likeness (QED) is 0.811. The zero-order valence-corrected chi connectivity index (χ0v) is 15.0. The van der Waals surface area contributed by atoms with Gasteiger partial charge in [0.2, 0.25) is 0 Å². The van der Waals surface area contributed by atoms with Gasteiger partial charge in [-0.3, -0.25) is 0 Å². The van der Waals surface area contributed by atoms with Gasteiger partial charge in [0.05, 0.1) is 22.8 Å². The number of rotatable bonds is 3. The van der Waals surface area contributed by atoms with Crippen molar-refractivity contribution < 1.29 is 14.4 Å². The van der Waals surface area contributed by atoms with Gasteiger partial charge in [-0.2, -0.15) is 0 Å². The van der Waals surface area contributed by atoms with Crippen molar-refractivity contribution in [3.8, 4) is 0 Å². The van der Waals surface area contributed by atoms with Gasteiger partial charge in [0.25, 0.3) is 0 Å². The van der Waals surface area contributed by atoms with Crippen LogP contribution >= 0.6 is 27.5 Å². The Morgan fingerprint density at radius 3 is 2.33 bits per heavy atom. The lowest BCUT2D eigenvalue weighted by molar-refractivity contribution is 0.00578. The second-order valence-corrected chi connectivity index (χ2v) is 7.40. The third-order valence-electron chi connectivity index (χ3n) is 4.03. The van der Waals surface area contributed by atoms with Crippen LogP contribution in [0.1, 0.15) is 33.3 Å². The van der Waals surface area contributed by atoms with Crippen molar-refractivity contribution in [2.75, 3.05) is 6.61 Å². The maximum atomic E-state index is 9.64. The molecule has 0 saturated carbocycles. The van der Waals surface area contributed by atoms with Crippen LogP contribution in [0.15, 0.2) is 28.1 Å². The van der Waals surface area contributed by atoms with Gasteiger partial charge in [0.1, 0.15) is 0 Å². The van der Waals surface area contributed by atoms with Crippen molar-refractivity contribution in [1.82, 2.24) is 0 Å². The fraction of sp³-hybridized carbons (Fsp3) is 0.467. The molecular weight excluding hydrogens is 354 g/mol. The molecule has 0 amide bonds. The smallest absolute Gasteiger partial charge is 0.400 e. The highest BCUT2D eigenvalue weighted by Gasteiger charge is 2.52. The summed E-state index contributed by atoms with van der Waals surface area (Å²) in [6, 6.07) is 5.61. The largest absolute Gasteiger partial charge is 0.492 e. The molecule has 6 heteroatoms. The lowest BCUT2D eigenvalue weighted by atomic mass is 9.77. The van der Waals surface area contributed by atoms with Crippen LogP contribution in [0.2, 0.25) is 5.02 Å². The fourth-order valence-electron chi connectivity index (χ4n) is 2.00. The molecule has 1 aliphatic heterocycles. The Morgan fingerprint density at radius 2 is 1.86 bits per heavy atom. The Kier molecular flexibility index (Phi) is 4.91. The Morgan fingerprint density at radius 1 is 1.29 bits per heavy atom. The lowest BCUT2D eigenvalue weighted by Gasteiger charge is -2.32. The Bertz CT molecular complexity index is 556. The van der Waals surface area contributed by atoms with Crippen molar-refractivity contribution in [3.63, 3.8) is 0 Å². The molecule has 0 aromatic heterocycles. The van der Waals surface area contributed by atoms with Gasteiger partial charge in [0.15, 0.2) is 0 Å². The second-order valence-electron chi connectivity index (χ2n) is 6.14. The first-order valence-corrected chi connectivity index (χ1v) is 7.95. The number of aliphatic hydroxyl groups excluding tert-OH is 1. The van der Waals surface area contributed by atoms with E-state index in [0.29, 0.717) is 10.5 Å². The molecule has 1 fully saturated rings. The van der Waals surface area contributed by atoms with Crippen molar-refractivity contribution in [3.05, 3.63) is 38.7 Å². The summed E-state index contributed by atoms with van der Waals surface area (Å²) in [4.78, 5) is 0. The molecular formula is C15H19BBrClO3. The topological polar surface area (TPSA) is 38.7 Å². The van der Waals surface area contributed by atoms with Crippen LogP contribution in [-0.4, -0.2) is 30.0 Å². The predicted molar refractivity (Wildman–Crippen MR) is 90.3 cm³/mol. The second kappa shape index (κ2) is 6.05. The van der Waals surface area contributed by atoms with E-state index in [-0.39, 0.29) is 6.61 Å². The summed E-state index contributed by atoms with van der Waals surface area (Å²) in [5, 5.41) is 10.3. The number of halogens is 2. The van der Waals surface area contributed by atoms with Gasteiger partial charge in [-0.15, -0.1) is 0 Å². The highest BCUT2D eigenvalue weighted by atomic mass is 79.9. The van der Waals surface area contributed by atoms with Gasteiger partial charge in [0, 0.05) is 4.47 Å². The van der Waals surface area contributed by atoms with E-state index >= 15 is 0 Å². The van der Waals surface area contributed by atoms with Crippen molar-refractivity contribution in [1.29, 1.82) is 0 Å². The summed E-state index contributed by atoms with van der Waals surface area (Å²) in [7, 11) is -0.553. The third-order valence-corrected chi connectivity index (χ3v) is 5.27. The summed E-state index contributed by atoms with van der Waals surface area (Å²) in [5.41, 5.74) is 0.709. The molecule has 1 aromatic rings.